The molecule has 2 aromatic heterocycles. The highest BCUT2D eigenvalue weighted by atomic mass is 35.5. The number of alkyl halides is 1. The lowest BCUT2D eigenvalue weighted by molar-refractivity contribution is 0.103. The van der Waals surface area contributed by atoms with E-state index in [1.165, 1.54) is 12.5 Å². The van der Waals surface area contributed by atoms with Crippen LogP contribution in [-0.2, 0) is 6.54 Å². The van der Waals surface area contributed by atoms with Crippen LogP contribution >= 0.6 is 23.2 Å². The Balaban J connectivity index is 0.00000289. The third-order valence-corrected chi connectivity index (χ3v) is 6.03. The zero-order chi connectivity index (χ0) is 22.0. The van der Waals surface area contributed by atoms with E-state index in [2.05, 4.69) is 15.3 Å². The van der Waals surface area contributed by atoms with Gasteiger partial charge in [0.2, 0.25) is 0 Å². The van der Waals surface area contributed by atoms with Crippen molar-refractivity contribution in [1.82, 2.24) is 14.5 Å². The van der Waals surface area contributed by atoms with Crippen LogP contribution in [-0.4, -0.2) is 44.2 Å². The van der Waals surface area contributed by atoms with Crippen molar-refractivity contribution < 1.29 is 14.3 Å². The fourth-order valence-electron chi connectivity index (χ4n) is 3.88. The van der Waals surface area contributed by atoms with Gasteiger partial charge in [0.15, 0.2) is 5.78 Å². The van der Waals surface area contributed by atoms with Gasteiger partial charge in [0.25, 0.3) is 0 Å². The molecule has 3 unspecified atom stereocenters. The second-order valence-electron chi connectivity index (χ2n) is 7.71. The molecule has 0 bridgehead atoms. The van der Waals surface area contributed by atoms with Gasteiger partial charge in [-0.3, -0.25) is 4.79 Å². The number of carbonyl (C=O) groups excluding carboxylic acids is 1. The van der Waals surface area contributed by atoms with Crippen molar-refractivity contribution in [2.45, 2.75) is 39.0 Å². The maximum Gasteiger partial charge on any atom is 0.199 e. The largest absolute Gasteiger partial charge is 0.396 e. The molecule has 1 saturated carbocycles. The van der Waals surface area contributed by atoms with Crippen LogP contribution in [0.3, 0.4) is 0 Å². The number of halogens is 3. The van der Waals surface area contributed by atoms with Crippen molar-refractivity contribution in [3.63, 3.8) is 0 Å². The molecule has 0 saturated heterocycles. The highest BCUT2D eigenvalue weighted by Gasteiger charge is 2.35. The van der Waals surface area contributed by atoms with Crippen molar-refractivity contribution in [1.29, 1.82) is 0 Å². The van der Waals surface area contributed by atoms with Gasteiger partial charge in [0, 0.05) is 36.1 Å². The van der Waals surface area contributed by atoms with E-state index in [-0.39, 0.29) is 43.5 Å². The molecule has 3 aromatic rings. The van der Waals surface area contributed by atoms with Crippen LogP contribution in [0.5, 0.6) is 0 Å². The molecule has 1 fully saturated rings. The summed E-state index contributed by atoms with van der Waals surface area (Å²) in [6.45, 7) is 0.393. The number of anilines is 1. The van der Waals surface area contributed by atoms with Crippen LogP contribution in [0.15, 0.2) is 49.1 Å². The van der Waals surface area contributed by atoms with Crippen molar-refractivity contribution in [3.8, 4) is 0 Å². The summed E-state index contributed by atoms with van der Waals surface area (Å²) in [4.78, 5) is 21.3. The van der Waals surface area contributed by atoms with E-state index >= 15 is 0 Å². The first-order chi connectivity index (χ1) is 14.9. The number of aliphatic hydroxyl groups excluding tert-OH is 1. The first kappa shape index (κ1) is 24.2. The van der Waals surface area contributed by atoms with Gasteiger partial charge in [-0.15, -0.1) is 0 Å². The number of ketones is 1. The molecule has 32 heavy (non-hydrogen) atoms. The molecule has 6 nitrogen and oxygen atoms in total. The predicted octanol–water partition coefficient (Wildman–Crippen LogP) is 5.02. The Morgan fingerprint density at radius 2 is 2.09 bits per heavy atom. The first-order valence-corrected chi connectivity index (χ1v) is 10.7. The summed E-state index contributed by atoms with van der Waals surface area (Å²) in [5.74, 6) is -0.153. The predicted molar refractivity (Wildman–Crippen MR) is 124 cm³/mol. The summed E-state index contributed by atoms with van der Waals surface area (Å²) in [5, 5.41) is 13.4. The minimum Gasteiger partial charge on any atom is -0.396 e. The summed E-state index contributed by atoms with van der Waals surface area (Å²) in [6, 6.07) is 8.46. The Bertz CT molecular complexity index is 1090. The molecular weight excluding hydrogens is 454 g/mol. The lowest BCUT2D eigenvalue weighted by Gasteiger charge is -2.17. The molecule has 170 valence electrons. The maximum absolute atomic E-state index is 14.3. The highest BCUT2D eigenvalue weighted by Crippen LogP contribution is 2.31. The van der Waals surface area contributed by atoms with E-state index in [0.29, 0.717) is 28.7 Å². The quantitative estimate of drug-likeness (QED) is 0.465. The molecule has 4 rings (SSSR count). The molecule has 9 heteroatoms. The minimum atomic E-state index is -1.12. The number of nitrogens with one attached hydrogen (secondary N) is 1. The monoisotopic (exact) mass is 478 g/mol. The number of carbonyl (C=O) groups is 1. The summed E-state index contributed by atoms with van der Waals surface area (Å²) in [6.07, 6.45) is 4.01. The number of aromatic nitrogens is 3. The maximum atomic E-state index is 14.3. The van der Waals surface area contributed by atoms with Crippen LogP contribution < -0.4 is 5.32 Å². The average molecular weight is 479 g/mol. The number of hydrogen-bond donors (Lipinski definition) is 2. The van der Waals surface area contributed by atoms with Gasteiger partial charge in [0.05, 0.1) is 11.6 Å². The van der Waals surface area contributed by atoms with E-state index in [9.17, 15) is 14.3 Å². The van der Waals surface area contributed by atoms with Crippen LogP contribution in [0, 0.1) is 5.92 Å². The van der Waals surface area contributed by atoms with Crippen LogP contribution in [0.4, 0.5) is 10.2 Å². The molecule has 2 heterocycles. The van der Waals surface area contributed by atoms with Gasteiger partial charge in [-0.2, -0.15) is 0 Å². The highest BCUT2D eigenvalue weighted by molar-refractivity contribution is 6.31. The lowest BCUT2D eigenvalue weighted by atomic mass is 10.1. The fraction of sp³-hybridized carbons (Fsp3) is 0.348. The van der Waals surface area contributed by atoms with Crippen LogP contribution in [0.25, 0.3) is 0 Å². The summed E-state index contributed by atoms with van der Waals surface area (Å²) in [7, 11) is 0. The fourth-order valence-corrected chi connectivity index (χ4v) is 4.32. The topological polar surface area (TPSA) is 80.0 Å². The zero-order valence-corrected chi connectivity index (χ0v) is 18.0. The van der Waals surface area contributed by atoms with Gasteiger partial charge < -0.3 is 15.0 Å². The number of nitrogens with zero attached hydrogens (tertiary/aromatic N) is 3. The molecule has 1 aliphatic carbocycles. The second-order valence-corrected chi connectivity index (χ2v) is 8.53. The van der Waals surface area contributed by atoms with E-state index in [1.54, 1.807) is 22.9 Å². The molecular formula is C23H25Cl2FN4O2. The van der Waals surface area contributed by atoms with Gasteiger partial charge >= 0.3 is 0 Å². The van der Waals surface area contributed by atoms with E-state index in [0.717, 1.165) is 5.56 Å². The molecule has 0 aliphatic heterocycles. The summed E-state index contributed by atoms with van der Waals surface area (Å²) < 4.78 is 16.1. The molecule has 0 radical (unpaired) electrons. The summed E-state index contributed by atoms with van der Waals surface area (Å²) in [5.41, 5.74) is 1.56. The third kappa shape index (κ3) is 5.28. The van der Waals surface area contributed by atoms with E-state index < -0.39 is 12.2 Å². The van der Waals surface area contributed by atoms with Crippen LogP contribution in [0.1, 0.15) is 41.8 Å². The molecule has 3 atom stereocenters. The van der Waals surface area contributed by atoms with Crippen LogP contribution in [0.2, 0.25) is 10.2 Å². The Hall–Kier alpha value is -2.48. The summed E-state index contributed by atoms with van der Waals surface area (Å²) >= 11 is 12.4. The van der Waals surface area contributed by atoms with Gasteiger partial charge in [-0.25, -0.2) is 14.4 Å². The van der Waals surface area contributed by atoms with E-state index in [1.807, 2.05) is 18.2 Å². The second kappa shape index (κ2) is 10.4. The Morgan fingerprint density at radius 1 is 1.28 bits per heavy atom. The SMILES string of the molecule is C.O=C(c1cc(Cl)n(Cc2cccc(Cl)c2)c1)c1cncnc1NC1CC(CO)CC1F. The zero-order valence-electron chi connectivity index (χ0n) is 16.5. The molecule has 1 aromatic carbocycles. The minimum absolute atomic E-state index is 0. The van der Waals surface area contributed by atoms with Crippen molar-refractivity contribution in [2.24, 2.45) is 5.92 Å². The first-order valence-electron chi connectivity index (χ1n) is 9.91. The molecule has 1 aliphatic rings. The van der Waals surface area contributed by atoms with Gasteiger partial charge in [0.1, 0.15) is 23.5 Å². The van der Waals surface area contributed by atoms with E-state index in [4.69, 9.17) is 23.2 Å². The molecule has 0 amide bonds. The van der Waals surface area contributed by atoms with Gasteiger partial charge in [-0.05, 0) is 42.5 Å². The average Bonchev–Trinajstić information content (AvgIpc) is 3.30. The molecule has 2 N–H and O–H groups in total. The smallest absolute Gasteiger partial charge is 0.199 e. The Kier molecular flexibility index (Phi) is 7.87. The number of hydrogen-bond acceptors (Lipinski definition) is 5. The standard InChI is InChI=1S/C22H21Cl2FN4O2.CH4/c23-16-3-1-2-13(4-16)9-29-10-15(7-20(29)24)21(31)17-8-26-12-27-22(17)28-19-6-14(11-30)5-18(19)25;/h1-4,7-8,10,12,14,18-19,30H,5-6,9,11H2,(H,26,27,28);1H4. The number of rotatable bonds is 7. The normalized spacial score (nSPS) is 20.1. The Morgan fingerprint density at radius 3 is 2.81 bits per heavy atom. The molecule has 0 spiro atoms. The van der Waals surface area contributed by atoms with Gasteiger partial charge in [-0.1, -0.05) is 42.8 Å². The van der Waals surface area contributed by atoms with Crippen molar-refractivity contribution in [2.75, 3.05) is 11.9 Å². The van der Waals surface area contributed by atoms with Crippen molar-refractivity contribution >= 4 is 34.8 Å². The Labute approximate surface area is 196 Å². The number of benzene rings is 1. The lowest BCUT2D eigenvalue weighted by Crippen LogP contribution is -2.27. The third-order valence-electron chi connectivity index (χ3n) is 5.47. The van der Waals surface area contributed by atoms with Crippen molar-refractivity contribution in [3.05, 3.63) is 75.9 Å². The number of aliphatic hydroxyl groups is 1.